The van der Waals surface area contributed by atoms with Gasteiger partial charge in [0.2, 0.25) is 0 Å². The topological polar surface area (TPSA) is 57.1 Å². The fourth-order valence-electron chi connectivity index (χ4n) is 4.45. The van der Waals surface area contributed by atoms with Gasteiger partial charge in [-0.25, -0.2) is 15.0 Å². The van der Waals surface area contributed by atoms with Crippen LogP contribution in [0.1, 0.15) is 33.5 Å². The van der Waals surface area contributed by atoms with Crippen molar-refractivity contribution in [3.63, 3.8) is 0 Å². The maximum Gasteiger partial charge on any atom is 0.495 e. The Morgan fingerprint density at radius 1 is 0.718 bits per heavy atom. The second-order valence-electron chi connectivity index (χ2n) is 10.5. The highest BCUT2D eigenvalue weighted by Crippen LogP contribution is 2.38. The van der Waals surface area contributed by atoms with E-state index in [-0.39, 0.29) is 0 Å². The Morgan fingerprint density at radius 3 is 1.85 bits per heavy atom. The van der Waals surface area contributed by atoms with Gasteiger partial charge in [-0.05, 0) is 50.4 Å². The fraction of sp³-hybridized carbons (Fsp3) is 0.182. The number of hydrogen-bond donors (Lipinski definition) is 0. The summed E-state index contributed by atoms with van der Waals surface area (Å²) in [6.07, 6.45) is 5.28. The van der Waals surface area contributed by atoms with Crippen molar-refractivity contribution < 1.29 is 9.31 Å². The van der Waals surface area contributed by atoms with Crippen LogP contribution in [0.2, 0.25) is 0 Å². The standard InChI is InChI=1S/C33H32BN3O2/c1-7-15-23(8-2)29-35-30(25-18-13-10-14-19-25)37-31(36-29)26-20-21-28(27(22-26)24-16-11-9-12-17-24)34-38-32(3,4)33(5,6)39-34/h7-22H,1-2H2,3-6H3/b23-15+. The molecule has 1 aromatic heterocycles. The van der Waals surface area contributed by atoms with E-state index in [1.807, 2.05) is 60.7 Å². The Kier molecular flexibility index (Phi) is 7.17. The second-order valence-corrected chi connectivity index (χ2v) is 10.5. The van der Waals surface area contributed by atoms with Crippen molar-refractivity contribution in [1.29, 1.82) is 0 Å². The van der Waals surface area contributed by atoms with E-state index >= 15 is 0 Å². The average Bonchev–Trinajstić information content (AvgIpc) is 3.18. The number of benzene rings is 3. The Bertz CT molecular complexity index is 1530. The average molecular weight is 513 g/mol. The van der Waals surface area contributed by atoms with Crippen LogP contribution in [0.4, 0.5) is 0 Å². The molecule has 1 fully saturated rings. The predicted octanol–water partition coefficient (Wildman–Crippen LogP) is 6.93. The molecule has 5 nitrogen and oxygen atoms in total. The van der Waals surface area contributed by atoms with Crippen molar-refractivity contribution in [1.82, 2.24) is 15.0 Å². The highest BCUT2D eigenvalue weighted by molar-refractivity contribution is 6.64. The van der Waals surface area contributed by atoms with E-state index in [1.54, 1.807) is 12.2 Å². The molecule has 194 valence electrons. The van der Waals surface area contributed by atoms with E-state index in [0.29, 0.717) is 17.5 Å². The summed E-state index contributed by atoms with van der Waals surface area (Å²) >= 11 is 0. The molecule has 0 atom stereocenters. The summed E-state index contributed by atoms with van der Waals surface area (Å²) in [4.78, 5) is 14.5. The number of allylic oxidation sites excluding steroid dienone is 4. The Labute approximate surface area is 231 Å². The summed E-state index contributed by atoms with van der Waals surface area (Å²) in [5, 5.41) is 0. The van der Waals surface area contributed by atoms with E-state index in [9.17, 15) is 0 Å². The zero-order valence-electron chi connectivity index (χ0n) is 22.9. The summed E-state index contributed by atoms with van der Waals surface area (Å²) in [6, 6.07) is 26.3. The quantitative estimate of drug-likeness (QED) is 0.198. The maximum atomic E-state index is 6.44. The zero-order valence-corrected chi connectivity index (χ0v) is 22.9. The van der Waals surface area contributed by atoms with Crippen molar-refractivity contribution in [2.45, 2.75) is 38.9 Å². The number of hydrogen-bond acceptors (Lipinski definition) is 5. The monoisotopic (exact) mass is 513 g/mol. The summed E-state index contributed by atoms with van der Waals surface area (Å²) < 4.78 is 12.9. The van der Waals surface area contributed by atoms with E-state index < -0.39 is 18.3 Å². The summed E-state index contributed by atoms with van der Waals surface area (Å²) in [6.45, 7) is 16.0. The zero-order chi connectivity index (χ0) is 27.6. The Hall–Kier alpha value is -4.13. The molecule has 0 spiro atoms. The molecule has 0 unspecified atom stereocenters. The van der Waals surface area contributed by atoms with Crippen LogP contribution < -0.4 is 5.46 Å². The van der Waals surface area contributed by atoms with E-state index in [4.69, 9.17) is 24.3 Å². The predicted molar refractivity (Wildman–Crippen MR) is 160 cm³/mol. The molecule has 6 heteroatoms. The largest absolute Gasteiger partial charge is 0.495 e. The first kappa shape index (κ1) is 26.5. The molecule has 4 aromatic rings. The molecule has 1 aliphatic heterocycles. The van der Waals surface area contributed by atoms with Gasteiger partial charge in [0.05, 0.1) is 11.2 Å². The van der Waals surface area contributed by atoms with Crippen LogP contribution >= 0.6 is 0 Å². The maximum absolute atomic E-state index is 6.44. The molecule has 0 amide bonds. The number of aromatic nitrogens is 3. The number of rotatable bonds is 7. The molecule has 5 rings (SSSR count). The molecule has 39 heavy (non-hydrogen) atoms. The second kappa shape index (κ2) is 10.6. The van der Waals surface area contributed by atoms with Gasteiger partial charge in [-0.2, -0.15) is 0 Å². The summed E-state index contributed by atoms with van der Waals surface area (Å²) in [5.74, 6) is 1.68. The van der Waals surface area contributed by atoms with Gasteiger partial charge >= 0.3 is 7.12 Å². The van der Waals surface area contributed by atoms with Gasteiger partial charge in [0.1, 0.15) is 0 Å². The minimum atomic E-state index is -0.504. The van der Waals surface area contributed by atoms with Crippen molar-refractivity contribution in [3.05, 3.63) is 116 Å². The highest BCUT2D eigenvalue weighted by atomic mass is 16.7. The molecule has 1 saturated heterocycles. The molecule has 0 bridgehead atoms. The first-order valence-electron chi connectivity index (χ1n) is 13.0. The van der Waals surface area contributed by atoms with Gasteiger partial charge in [0, 0.05) is 16.7 Å². The number of nitrogens with zero attached hydrogens (tertiary/aromatic N) is 3. The van der Waals surface area contributed by atoms with E-state index in [0.717, 1.165) is 33.3 Å². The molecule has 3 aromatic carbocycles. The highest BCUT2D eigenvalue weighted by Gasteiger charge is 2.52. The molecular weight excluding hydrogens is 481 g/mol. The minimum absolute atomic E-state index is 0.448. The van der Waals surface area contributed by atoms with Gasteiger partial charge < -0.3 is 9.31 Å². The lowest BCUT2D eigenvalue weighted by atomic mass is 9.74. The third kappa shape index (κ3) is 5.26. The van der Waals surface area contributed by atoms with Crippen molar-refractivity contribution in [2.75, 3.05) is 0 Å². The van der Waals surface area contributed by atoms with Crippen molar-refractivity contribution in [3.8, 4) is 33.9 Å². The normalized spacial score (nSPS) is 16.2. The molecule has 2 heterocycles. The lowest BCUT2D eigenvalue weighted by Gasteiger charge is -2.32. The third-order valence-corrected chi connectivity index (χ3v) is 7.35. The van der Waals surface area contributed by atoms with Crippen LogP contribution in [0.3, 0.4) is 0 Å². The first-order valence-corrected chi connectivity index (χ1v) is 13.0. The third-order valence-electron chi connectivity index (χ3n) is 7.35. The van der Waals surface area contributed by atoms with Gasteiger partial charge in [0.25, 0.3) is 0 Å². The molecule has 1 aliphatic rings. The molecule has 0 saturated carbocycles. The minimum Gasteiger partial charge on any atom is -0.399 e. The van der Waals surface area contributed by atoms with Crippen LogP contribution in [-0.4, -0.2) is 33.3 Å². The van der Waals surface area contributed by atoms with Gasteiger partial charge in [0.15, 0.2) is 17.5 Å². The van der Waals surface area contributed by atoms with E-state index in [1.165, 1.54) is 0 Å². The molecule has 0 N–H and O–H groups in total. The fourth-order valence-corrected chi connectivity index (χ4v) is 4.45. The van der Waals surface area contributed by atoms with Gasteiger partial charge in [-0.15, -0.1) is 0 Å². The van der Waals surface area contributed by atoms with Crippen LogP contribution in [0.25, 0.3) is 39.5 Å². The molecule has 0 radical (unpaired) electrons. The first-order chi connectivity index (χ1) is 18.7. The smallest absolute Gasteiger partial charge is 0.399 e. The van der Waals surface area contributed by atoms with Crippen molar-refractivity contribution >= 4 is 18.2 Å². The lowest BCUT2D eigenvalue weighted by Crippen LogP contribution is -2.41. The van der Waals surface area contributed by atoms with Gasteiger partial charge in [-0.1, -0.05) is 104 Å². The Morgan fingerprint density at radius 2 is 1.28 bits per heavy atom. The summed E-state index contributed by atoms with van der Waals surface area (Å²) in [7, 11) is -0.504. The Balaban J connectivity index is 1.69. The van der Waals surface area contributed by atoms with Crippen molar-refractivity contribution in [2.24, 2.45) is 0 Å². The van der Waals surface area contributed by atoms with Crippen LogP contribution in [0.15, 0.2) is 110 Å². The van der Waals surface area contributed by atoms with Crippen LogP contribution in [0.5, 0.6) is 0 Å². The van der Waals surface area contributed by atoms with Crippen LogP contribution in [0, 0.1) is 0 Å². The molecular formula is C33H32BN3O2. The van der Waals surface area contributed by atoms with Gasteiger partial charge in [-0.3, -0.25) is 0 Å². The van der Waals surface area contributed by atoms with Crippen LogP contribution in [-0.2, 0) is 9.31 Å². The van der Waals surface area contributed by atoms with E-state index in [2.05, 4.69) is 65.1 Å². The molecule has 0 aliphatic carbocycles. The summed E-state index contributed by atoms with van der Waals surface area (Å²) in [5.41, 5.74) is 4.65. The lowest BCUT2D eigenvalue weighted by molar-refractivity contribution is 0.00578. The SMILES string of the molecule is C=C/C=C(\C=C)c1nc(-c2ccccc2)nc(-c2ccc(B3OC(C)(C)C(C)(C)O3)c(-c3ccccc3)c2)n1.